The average Bonchev–Trinajstić information content (AvgIpc) is 2.49. The number of hydrogen-bond acceptors (Lipinski definition) is 4. The highest BCUT2D eigenvalue weighted by atomic mass is 16.5. The monoisotopic (exact) mass is 291 g/mol. The first kappa shape index (κ1) is 15.8. The number of carbonyl (C=O) groups is 1. The average molecular weight is 291 g/mol. The number of Topliss-reactive ketones (excluding diaryl/α,β-unsaturated/α-hetero) is 1. The van der Waals surface area contributed by atoms with Crippen LogP contribution in [0, 0.1) is 0 Å². The van der Waals surface area contributed by atoms with Crippen LogP contribution in [0.1, 0.15) is 32.6 Å². The SMILES string of the molecule is COc1ccc(OCCN2CCCCC2CC(C)=O)cc1. The molecule has 0 bridgehead atoms. The summed E-state index contributed by atoms with van der Waals surface area (Å²) in [5.74, 6) is 1.97. The van der Waals surface area contributed by atoms with Crippen LogP contribution in [-0.2, 0) is 4.79 Å². The minimum Gasteiger partial charge on any atom is -0.497 e. The van der Waals surface area contributed by atoms with Gasteiger partial charge < -0.3 is 9.47 Å². The normalized spacial score (nSPS) is 19.2. The molecule has 1 unspecified atom stereocenters. The highest BCUT2D eigenvalue weighted by molar-refractivity contribution is 5.76. The van der Waals surface area contributed by atoms with Crippen molar-refractivity contribution in [2.24, 2.45) is 0 Å². The molecule has 1 atom stereocenters. The lowest BCUT2D eigenvalue weighted by Gasteiger charge is -2.35. The molecule has 1 saturated heterocycles. The third-order valence-corrected chi connectivity index (χ3v) is 3.98. The highest BCUT2D eigenvalue weighted by Gasteiger charge is 2.23. The molecular formula is C17H25NO3. The zero-order chi connectivity index (χ0) is 15.1. The van der Waals surface area contributed by atoms with E-state index >= 15 is 0 Å². The largest absolute Gasteiger partial charge is 0.497 e. The van der Waals surface area contributed by atoms with E-state index in [0.29, 0.717) is 19.1 Å². The molecule has 4 nitrogen and oxygen atoms in total. The van der Waals surface area contributed by atoms with Gasteiger partial charge in [0.1, 0.15) is 23.9 Å². The van der Waals surface area contributed by atoms with Crippen molar-refractivity contribution in [3.05, 3.63) is 24.3 Å². The van der Waals surface area contributed by atoms with Gasteiger partial charge in [-0.25, -0.2) is 0 Å². The second kappa shape index (κ2) is 8.03. The van der Waals surface area contributed by atoms with Gasteiger partial charge in [0.25, 0.3) is 0 Å². The third kappa shape index (κ3) is 5.05. The summed E-state index contributed by atoms with van der Waals surface area (Å²) in [6.45, 7) is 4.29. The minimum atomic E-state index is 0.281. The third-order valence-electron chi connectivity index (χ3n) is 3.98. The quantitative estimate of drug-likeness (QED) is 0.774. The summed E-state index contributed by atoms with van der Waals surface area (Å²) in [5, 5.41) is 0. The van der Waals surface area contributed by atoms with Gasteiger partial charge in [-0.3, -0.25) is 9.69 Å². The summed E-state index contributed by atoms with van der Waals surface area (Å²) in [7, 11) is 1.65. The number of hydrogen-bond donors (Lipinski definition) is 0. The number of piperidine rings is 1. The van der Waals surface area contributed by atoms with Gasteiger partial charge in [0.2, 0.25) is 0 Å². The molecule has 1 aromatic carbocycles. The topological polar surface area (TPSA) is 38.8 Å². The predicted octanol–water partition coefficient (Wildman–Crippen LogP) is 2.91. The summed E-state index contributed by atoms with van der Waals surface area (Å²) in [6, 6.07) is 8.03. The Morgan fingerprint density at radius 2 is 1.95 bits per heavy atom. The molecule has 1 aliphatic rings. The van der Waals surface area contributed by atoms with E-state index in [1.54, 1.807) is 14.0 Å². The molecule has 0 N–H and O–H groups in total. The number of ketones is 1. The highest BCUT2D eigenvalue weighted by Crippen LogP contribution is 2.20. The number of likely N-dealkylation sites (tertiary alicyclic amines) is 1. The Hall–Kier alpha value is -1.55. The number of benzene rings is 1. The first-order valence-corrected chi connectivity index (χ1v) is 7.69. The van der Waals surface area contributed by atoms with Gasteiger partial charge >= 0.3 is 0 Å². The molecule has 1 aliphatic heterocycles. The van der Waals surface area contributed by atoms with Crippen LogP contribution in [0.5, 0.6) is 11.5 Å². The Labute approximate surface area is 127 Å². The summed E-state index contributed by atoms with van der Waals surface area (Å²) in [4.78, 5) is 13.7. The second-order valence-electron chi connectivity index (χ2n) is 5.62. The fourth-order valence-corrected chi connectivity index (χ4v) is 2.87. The van der Waals surface area contributed by atoms with Crippen molar-refractivity contribution in [3.63, 3.8) is 0 Å². The van der Waals surface area contributed by atoms with Crippen LogP contribution in [0.25, 0.3) is 0 Å². The Kier molecular flexibility index (Phi) is 6.05. The predicted molar refractivity (Wildman–Crippen MR) is 83.0 cm³/mol. The molecule has 0 aliphatic carbocycles. The lowest BCUT2D eigenvalue weighted by Crippen LogP contribution is -2.42. The molecule has 0 saturated carbocycles. The van der Waals surface area contributed by atoms with E-state index in [1.807, 2.05) is 24.3 Å². The number of nitrogens with zero attached hydrogens (tertiary/aromatic N) is 1. The van der Waals surface area contributed by atoms with Crippen molar-refractivity contribution < 1.29 is 14.3 Å². The smallest absolute Gasteiger partial charge is 0.131 e. The van der Waals surface area contributed by atoms with E-state index in [9.17, 15) is 4.79 Å². The molecule has 4 heteroatoms. The standard InChI is InChI=1S/C17H25NO3/c1-14(19)13-15-5-3-4-10-18(15)11-12-21-17-8-6-16(20-2)7-9-17/h6-9,15H,3-5,10-13H2,1-2H3. The molecule has 0 radical (unpaired) electrons. The molecule has 116 valence electrons. The van der Waals surface area contributed by atoms with E-state index in [4.69, 9.17) is 9.47 Å². The van der Waals surface area contributed by atoms with Crippen molar-refractivity contribution in [1.82, 2.24) is 4.90 Å². The van der Waals surface area contributed by atoms with Gasteiger partial charge in [0.15, 0.2) is 0 Å². The maximum Gasteiger partial charge on any atom is 0.131 e. The van der Waals surface area contributed by atoms with Gasteiger partial charge in [0.05, 0.1) is 7.11 Å². The van der Waals surface area contributed by atoms with Crippen molar-refractivity contribution in [2.75, 3.05) is 26.8 Å². The number of ether oxygens (including phenoxy) is 2. The number of rotatable bonds is 7. The maximum atomic E-state index is 11.3. The van der Waals surface area contributed by atoms with Crippen LogP contribution < -0.4 is 9.47 Å². The first-order chi connectivity index (χ1) is 10.2. The van der Waals surface area contributed by atoms with E-state index in [-0.39, 0.29) is 5.78 Å². The Morgan fingerprint density at radius 3 is 2.62 bits per heavy atom. The van der Waals surface area contributed by atoms with Gasteiger partial charge in [-0.15, -0.1) is 0 Å². The van der Waals surface area contributed by atoms with Crippen LogP contribution in [0.2, 0.25) is 0 Å². The van der Waals surface area contributed by atoms with Crippen LogP contribution in [0.3, 0.4) is 0 Å². The Bertz CT molecular complexity index is 444. The fourth-order valence-electron chi connectivity index (χ4n) is 2.87. The van der Waals surface area contributed by atoms with Crippen LogP contribution >= 0.6 is 0 Å². The Balaban J connectivity index is 1.78. The Morgan fingerprint density at radius 1 is 1.24 bits per heavy atom. The van der Waals surface area contributed by atoms with E-state index < -0.39 is 0 Å². The van der Waals surface area contributed by atoms with Gasteiger partial charge in [-0.05, 0) is 50.6 Å². The molecule has 0 aromatic heterocycles. The van der Waals surface area contributed by atoms with Crippen LogP contribution in [0.15, 0.2) is 24.3 Å². The molecule has 21 heavy (non-hydrogen) atoms. The van der Waals surface area contributed by atoms with Gasteiger partial charge in [-0.1, -0.05) is 6.42 Å². The molecule has 1 heterocycles. The molecule has 2 rings (SSSR count). The van der Waals surface area contributed by atoms with E-state index in [1.165, 1.54) is 12.8 Å². The zero-order valence-corrected chi connectivity index (χ0v) is 13.0. The van der Waals surface area contributed by atoms with Crippen LogP contribution in [-0.4, -0.2) is 43.5 Å². The zero-order valence-electron chi connectivity index (χ0n) is 13.0. The van der Waals surface area contributed by atoms with Crippen molar-refractivity contribution >= 4 is 5.78 Å². The van der Waals surface area contributed by atoms with E-state index in [2.05, 4.69) is 4.90 Å². The van der Waals surface area contributed by atoms with Crippen molar-refractivity contribution in [2.45, 2.75) is 38.6 Å². The first-order valence-electron chi connectivity index (χ1n) is 7.69. The summed E-state index contributed by atoms with van der Waals surface area (Å²) in [6.07, 6.45) is 4.25. The summed E-state index contributed by atoms with van der Waals surface area (Å²) in [5.41, 5.74) is 0. The molecule has 1 fully saturated rings. The molecule has 0 spiro atoms. The summed E-state index contributed by atoms with van der Waals surface area (Å²) < 4.78 is 10.9. The van der Waals surface area contributed by atoms with Crippen molar-refractivity contribution in [3.8, 4) is 11.5 Å². The van der Waals surface area contributed by atoms with Crippen LogP contribution in [0.4, 0.5) is 0 Å². The molecular weight excluding hydrogens is 266 g/mol. The molecule has 0 amide bonds. The fraction of sp³-hybridized carbons (Fsp3) is 0.588. The number of carbonyl (C=O) groups excluding carboxylic acids is 1. The minimum absolute atomic E-state index is 0.281. The molecule has 1 aromatic rings. The number of methoxy groups -OCH3 is 1. The summed E-state index contributed by atoms with van der Waals surface area (Å²) >= 11 is 0. The lowest BCUT2D eigenvalue weighted by molar-refractivity contribution is -0.118. The van der Waals surface area contributed by atoms with Gasteiger partial charge in [0, 0.05) is 19.0 Å². The van der Waals surface area contributed by atoms with Gasteiger partial charge in [-0.2, -0.15) is 0 Å². The lowest BCUT2D eigenvalue weighted by atomic mass is 9.98. The maximum absolute atomic E-state index is 11.3. The van der Waals surface area contributed by atoms with Crippen molar-refractivity contribution in [1.29, 1.82) is 0 Å². The van der Waals surface area contributed by atoms with E-state index in [0.717, 1.165) is 31.0 Å². The second-order valence-corrected chi connectivity index (χ2v) is 5.62.